The topological polar surface area (TPSA) is 84.7 Å². The van der Waals surface area contributed by atoms with E-state index in [-0.39, 0.29) is 0 Å². The Bertz CT molecular complexity index is 1520. The van der Waals surface area contributed by atoms with Crippen LogP contribution in [0.5, 0.6) is 11.5 Å². The Labute approximate surface area is 190 Å². The number of aryl methyl sites for hydroxylation is 2. The largest absolute Gasteiger partial charge is 0.493 e. The highest BCUT2D eigenvalue weighted by atomic mass is 16.5. The van der Waals surface area contributed by atoms with Crippen LogP contribution in [0.25, 0.3) is 33.3 Å². The van der Waals surface area contributed by atoms with Gasteiger partial charge in [-0.25, -0.2) is 10.4 Å². The van der Waals surface area contributed by atoms with Gasteiger partial charge in [0.25, 0.3) is 0 Å². The molecule has 0 bridgehead atoms. The van der Waals surface area contributed by atoms with E-state index in [0.717, 1.165) is 44.1 Å². The second kappa shape index (κ2) is 8.35. The van der Waals surface area contributed by atoms with E-state index in [4.69, 9.17) is 13.9 Å². The normalized spacial score (nSPS) is 11.8. The van der Waals surface area contributed by atoms with Crippen LogP contribution in [0.1, 0.15) is 11.1 Å². The fraction of sp³-hybridized carbons (Fsp3) is 0.154. The molecule has 2 N–H and O–H groups in total. The average molecular weight is 441 g/mol. The Balaban J connectivity index is 1.66. The van der Waals surface area contributed by atoms with Crippen molar-refractivity contribution in [3.63, 3.8) is 0 Å². The molecule has 166 valence electrons. The maximum atomic E-state index is 6.29. The second-order valence-corrected chi connectivity index (χ2v) is 7.82. The number of ether oxygens (including phenoxy) is 2. The molecule has 5 rings (SSSR count). The molecule has 5 aromatic rings. The van der Waals surface area contributed by atoms with E-state index in [2.05, 4.69) is 40.4 Å². The number of nitrogens with one attached hydrogen (secondary N) is 2. The maximum Gasteiger partial charge on any atom is 0.222 e. The van der Waals surface area contributed by atoms with Crippen LogP contribution in [-0.4, -0.2) is 24.2 Å². The summed E-state index contributed by atoms with van der Waals surface area (Å²) in [6.45, 7) is 4.14. The van der Waals surface area contributed by atoms with Crippen LogP contribution < -0.4 is 20.3 Å². The van der Waals surface area contributed by atoms with Crippen LogP contribution >= 0.6 is 0 Å². The average Bonchev–Trinajstić information content (AvgIpc) is 3.26. The van der Waals surface area contributed by atoms with Gasteiger partial charge < -0.3 is 18.9 Å². The van der Waals surface area contributed by atoms with Crippen LogP contribution in [0.15, 0.2) is 70.2 Å². The first kappa shape index (κ1) is 20.6. The fourth-order valence-electron chi connectivity index (χ4n) is 3.77. The number of imidazole rings is 1. The smallest absolute Gasteiger partial charge is 0.222 e. The molecule has 7 nitrogen and oxygen atoms in total. The van der Waals surface area contributed by atoms with Gasteiger partial charge in [0.2, 0.25) is 5.95 Å². The predicted octanol–water partition coefficient (Wildman–Crippen LogP) is 5.54. The van der Waals surface area contributed by atoms with E-state index in [1.54, 1.807) is 14.2 Å². The molecule has 0 saturated heterocycles. The summed E-state index contributed by atoms with van der Waals surface area (Å²) < 4.78 is 17.1. The molecule has 0 aliphatic carbocycles. The summed E-state index contributed by atoms with van der Waals surface area (Å²) >= 11 is 0. The van der Waals surface area contributed by atoms with Crippen molar-refractivity contribution in [2.75, 3.05) is 19.6 Å². The van der Waals surface area contributed by atoms with Crippen LogP contribution in [0.3, 0.4) is 0 Å². The minimum atomic E-state index is 0.571. The lowest BCUT2D eigenvalue weighted by molar-refractivity contribution is 0.355. The Hall–Kier alpha value is -4.26. The number of rotatable bonds is 5. The lowest BCUT2D eigenvalue weighted by Crippen LogP contribution is -2.08. The second-order valence-electron chi connectivity index (χ2n) is 7.82. The van der Waals surface area contributed by atoms with Crippen molar-refractivity contribution in [1.82, 2.24) is 9.97 Å². The summed E-state index contributed by atoms with van der Waals surface area (Å²) in [4.78, 5) is 7.79. The number of benzene rings is 3. The minimum Gasteiger partial charge on any atom is -0.493 e. The molecule has 0 fully saturated rings. The Morgan fingerprint density at radius 1 is 0.909 bits per heavy atom. The van der Waals surface area contributed by atoms with Crippen LogP contribution in [0.4, 0.5) is 5.95 Å². The molecule has 33 heavy (non-hydrogen) atoms. The number of fused-ring (bicyclic) bond motifs is 2. The van der Waals surface area contributed by atoms with Gasteiger partial charge in [-0.05, 0) is 67.4 Å². The number of hydrogen-bond donors (Lipinski definition) is 2. The van der Waals surface area contributed by atoms with Crippen molar-refractivity contribution < 1.29 is 13.9 Å². The summed E-state index contributed by atoms with van der Waals surface area (Å²) in [5.74, 6) is 2.52. The van der Waals surface area contributed by atoms with E-state index in [0.29, 0.717) is 23.2 Å². The lowest BCUT2D eigenvalue weighted by atomic mass is 10.1. The first-order valence-corrected chi connectivity index (χ1v) is 10.6. The molecular formula is C26H24N4O3. The number of para-hydroxylation sites is 2. The van der Waals surface area contributed by atoms with E-state index >= 15 is 0 Å². The molecular weight excluding hydrogens is 416 g/mol. The number of anilines is 1. The van der Waals surface area contributed by atoms with Crippen molar-refractivity contribution >= 4 is 28.0 Å². The Morgan fingerprint density at radius 3 is 2.48 bits per heavy atom. The van der Waals surface area contributed by atoms with Crippen molar-refractivity contribution in [1.29, 1.82) is 0 Å². The van der Waals surface area contributed by atoms with E-state index in [9.17, 15) is 0 Å². The van der Waals surface area contributed by atoms with Gasteiger partial charge in [-0.2, -0.15) is 5.10 Å². The zero-order valence-electron chi connectivity index (χ0n) is 18.9. The van der Waals surface area contributed by atoms with Gasteiger partial charge in [-0.15, -0.1) is 0 Å². The minimum absolute atomic E-state index is 0.571. The molecule has 0 aliphatic rings. The molecule has 0 amide bonds. The number of methoxy groups -OCH3 is 2. The summed E-state index contributed by atoms with van der Waals surface area (Å²) in [6.07, 6.45) is 0. The number of H-pyrrole nitrogens is 1. The van der Waals surface area contributed by atoms with Crippen molar-refractivity contribution in [2.45, 2.75) is 13.8 Å². The summed E-state index contributed by atoms with van der Waals surface area (Å²) in [7, 11) is 3.23. The highest BCUT2D eigenvalue weighted by molar-refractivity contribution is 5.81. The summed E-state index contributed by atoms with van der Waals surface area (Å²) in [5, 5.41) is 6.32. The van der Waals surface area contributed by atoms with Gasteiger partial charge in [0.05, 0.1) is 30.6 Å². The Morgan fingerprint density at radius 2 is 1.70 bits per heavy atom. The molecule has 2 heterocycles. The maximum absolute atomic E-state index is 6.29. The molecule has 0 saturated carbocycles. The van der Waals surface area contributed by atoms with Crippen molar-refractivity contribution in [2.24, 2.45) is 5.10 Å². The molecule has 0 radical (unpaired) electrons. The molecule has 0 spiro atoms. The summed E-state index contributed by atoms with van der Waals surface area (Å²) in [6, 6.07) is 19.6. The van der Waals surface area contributed by atoms with E-state index in [1.807, 2.05) is 54.6 Å². The third-order valence-corrected chi connectivity index (χ3v) is 5.70. The first-order valence-electron chi connectivity index (χ1n) is 10.6. The molecule has 0 aliphatic heterocycles. The first-order chi connectivity index (χ1) is 16.1. The lowest BCUT2D eigenvalue weighted by Gasteiger charge is -2.11. The van der Waals surface area contributed by atoms with E-state index < -0.39 is 0 Å². The van der Waals surface area contributed by atoms with Crippen LogP contribution in [0.2, 0.25) is 0 Å². The monoisotopic (exact) mass is 440 g/mol. The van der Waals surface area contributed by atoms with Crippen LogP contribution in [0, 0.1) is 13.8 Å². The molecule has 2 aromatic heterocycles. The van der Waals surface area contributed by atoms with Gasteiger partial charge in [0.1, 0.15) is 11.3 Å². The van der Waals surface area contributed by atoms with Gasteiger partial charge in [0.15, 0.2) is 11.5 Å². The quantitative estimate of drug-likeness (QED) is 0.351. The SMILES string of the molecule is COc1ccc(-c2cc(=NNc3nc4ccccc4[nH]3)c3cc(C)c(C)cc3o2)cc1OC. The molecule has 7 heteroatoms. The third-order valence-electron chi connectivity index (χ3n) is 5.70. The molecule has 0 unspecified atom stereocenters. The molecule has 3 aromatic carbocycles. The third kappa shape index (κ3) is 3.89. The zero-order valence-corrected chi connectivity index (χ0v) is 18.9. The summed E-state index contributed by atoms with van der Waals surface area (Å²) in [5.41, 5.74) is 8.80. The van der Waals surface area contributed by atoms with Gasteiger partial charge >= 0.3 is 0 Å². The van der Waals surface area contributed by atoms with Crippen molar-refractivity contribution in [3.8, 4) is 22.8 Å². The van der Waals surface area contributed by atoms with Crippen LogP contribution in [-0.2, 0) is 0 Å². The van der Waals surface area contributed by atoms with Gasteiger partial charge in [0, 0.05) is 17.0 Å². The Kier molecular flexibility index (Phi) is 5.22. The number of aromatic amines is 1. The highest BCUT2D eigenvalue weighted by Crippen LogP contribution is 2.33. The molecule has 0 atom stereocenters. The highest BCUT2D eigenvalue weighted by Gasteiger charge is 2.11. The van der Waals surface area contributed by atoms with Gasteiger partial charge in [-0.1, -0.05) is 12.1 Å². The fourth-order valence-corrected chi connectivity index (χ4v) is 3.77. The van der Waals surface area contributed by atoms with E-state index in [1.165, 1.54) is 0 Å². The predicted molar refractivity (Wildman–Crippen MR) is 130 cm³/mol. The number of aromatic nitrogens is 2. The zero-order chi connectivity index (χ0) is 22.9. The number of nitrogens with zero attached hydrogens (tertiary/aromatic N) is 2. The number of hydrogen-bond acceptors (Lipinski definition) is 6. The standard InChI is InChI=1S/C26H24N4O3/c1-15-11-18-21(29-30-26-27-19-7-5-6-8-20(19)28-26)14-23(33-24(18)12-16(15)2)17-9-10-22(31-3)25(13-17)32-4/h5-14H,1-4H3,(H2,27,28,30). The van der Waals surface area contributed by atoms with Crippen molar-refractivity contribution in [3.05, 3.63) is 77.1 Å². The van der Waals surface area contributed by atoms with Gasteiger partial charge in [-0.3, -0.25) is 0 Å².